The van der Waals surface area contributed by atoms with E-state index in [1.165, 1.54) is 0 Å². The van der Waals surface area contributed by atoms with Gasteiger partial charge in [0.05, 0.1) is 23.9 Å². The predicted octanol–water partition coefficient (Wildman–Crippen LogP) is 3.79. The molecule has 2 aromatic rings. The number of nitrogens with one attached hydrogen (secondary N) is 1. The van der Waals surface area contributed by atoms with Crippen molar-refractivity contribution in [1.29, 1.82) is 0 Å². The minimum atomic E-state index is -0.894. The molecule has 1 heterocycles. The monoisotopic (exact) mass is 504 g/mol. The van der Waals surface area contributed by atoms with Gasteiger partial charge in [0.25, 0.3) is 0 Å². The predicted molar refractivity (Wildman–Crippen MR) is 144 cm³/mol. The number of rotatable bonds is 16. The summed E-state index contributed by atoms with van der Waals surface area (Å²) in [7, 11) is 1.69. The van der Waals surface area contributed by atoms with Crippen molar-refractivity contribution in [3.05, 3.63) is 30.0 Å². The number of amides is 1. The molecule has 1 amide bonds. The van der Waals surface area contributed by atoms with Gasteiger partial charge in [-0.3, -0.25) is 9.48 Å². The summed E-state index contributed by atoms with van der Waals surface area (Å²) < 4.78 is 7.09. The van der Waals surface area contributed by atoms with Crippen LogP contribution >= 0.6 is 0 Å². The zero-order chi connectivity index (χ0) is 26.9. The van der Waals surface area contributed by atoms with E-state index in [1.807, 2.05) is 42.9 Å². The number of ether oxygens (including phenoxy) is 1. The fraction of sp³-hybridized carbons (Fsp3) is 0.714. The summed E-state index contributed by atoms with van der Waals surface area (Å²) in [5, 5.41) is 30.4. The van der Waals surface area contributed by atoms with Crippen LogP contribution in [0.1, 0.15) is 78.4 Å². The maximum atomic E-state index is 12.6. The Bertz CT molecular complexity index is 943. The number of aliphatic hydroxyl groups is 2. The van der Waals surface area contributed by atoms with E-state index >= 15 is 0 Å². The third-order valence-electron chi connectivity index (χ3n) is 7.27. The number of aliphatic hydroxyl groups excluding tert-OH is 2. The molecule has 0 saturated heterocycles. The van der Waals surface area contributed by atoms with E-state index in [0.717, 1.165) is 48.7 Å². The lowest BCUT2D eigenvalue weighted by Gasteiger charge is -2.31. The molecule has 0 saturated carbocycles. The number of hydrogen-bond donors (Lipinski definition) is 4. The Morgan fingerprint density at radius 3 is 2.61 bits per heavy atom. The number of aryl methyl sites for hydroxylation is 1. The summed E-state index contributed by atoms with van der Waals surface area (Å²) >= 11 is 0. The van der Waals surface area contributed by atoms with Crippen LogP contribution < -0.4 is 11.1 Å². The Labute approximate surface area is 216 Å². The number of carbonyl (C=O) groups is 1. The molecule has 0 radical (unpaired) electrons. The highest BCUT2D eigenvalue weighted by molar-refractivity contribution is 5.81. The summed E-state index contributed by atoms with van der Waals surface area (Å²) in [5.41, 5.74) is 7.68. The van der Waals surface area contributed by atoms with E-state index in [2.05, 4.69) is 31.2 Å². The Kier molecular flexibility index (Phi) is 11.8. The Balaban J connectivity index is 2.05. The van der Waals surface area contributed by atoms with Crippen LogP contribution in [0.5, 0.6) is 0 Å². The molecule has 5 N–H and O–H groups in total. The van der Waals surface area contributed by atoms with Gasteiger partial charge >= 0.3 is 0 Å². The maximum absolute atomic E-state index is 12.6. The van der Waals surface area contributed by atoms with Crippen molar-refractivity contribution in [2.75, 3.05) is 20.3 Å². The van der Waals surface area contributed by atoms with Crippen molar-refractivity contribution in [2.45, 2.75) is 91.5 Å². The Morgan fingerprint density at radius 1 is 1.25 bits per heavy atom. The van der Waals surface area contributed by atoms with Crippen molar-refractivity contribution in [1.82, 2.24) is 15.1 Å². The fourth-order valence-electron chi connectivity index (χ4n) is 4.61. The molecule has 2 rings (SSSR count). The van der Waals surface area contributed by atoms with Crippen LogP contribution in [-0.2, 0) is 16.1 Å². The summed E-state index contributed by atoms with van der Waals surface area (Å²) in [4.78, 5) is 12.6. The van der Waals surface area contributed by atoms with Gasteiger partial charge in [-0.1, -0.05) is 59.6 Å². The van der Waals surface area contributed by atoms with Crippen LogP contribution in [0.4, 0.5) is 0 Å². The summed E-state index contributed by atoms with van der Waals surface area (Å²) in [6.45, 7) is 11.6. The second kappa shape index (κ2) is 14.1. The number of benzene rings is 1. The van der Waals surface area contributed by atoms with Crippen LogP contribution in [0, 0.1) is 17.3 Å². The lowest BCUT2D eigenvalue weighted by atomic mass is 9.81. The molecule has 8 heteroatoms. The quantitative estimate of drug-likeness (QED) is 0.258. The van der Waals surface area contributed by atoms with Crippen molar-refractivity contribution in [3.8, 4) is 0 Å². The third kappa shape index (κ3) is 8.26. The number of hydrogen-bond acceptors (Lipinski definition) is 6. The minimum Gasteiger partial charge on any atom is -0.390 e. The molecule has 0 aliphatic rings. The molecule has 0 fully saturated rings. The molecular formula is C28H48N4O4. The number of unbranched alkanes of at least 4 members (excludes halogenated alkanes) is 1. The average molecular weight is 505 g/mol. The largest absolute Gasteiger partial charge is 0.390 e. The van der Waals surface area contributed by atoms with Gasteiger partial charge in [0.15, 0.2) is 0 Å². The first-order valence-electron chi connectivity index (χ1n) is 13.4. The second-order valence-electron chi connectivity index (χ2n) is 11.0. The first-order valence-corrected chi connectivity index (χ1v) is 13.4. The van der Waals surface area contributed by atoms with Crippen molar-refractivity contribution >= 4 is 16.8 Å². The van der Waals surface area contributed by atoms with Crippen LogP contribution in [0.2, 0.25) is 0 Å². The van der Waals surface area contributed by atoms with Crippen LogP contribution in [0.3, 0.4) is 0 Å². The van der Waals surface area contributed by atoms with Crippen molar-refractivity contribution in [3.63, 3.8) is 0 Å². The van der Waals surface area contributed by atoms with E-state index in [4.69, 9.17) is 10.5 Å². The Hall–Kier alpha value is -2.00. The highest BCUT2D eigenvalue weighted by Crippen LogP contribution is 2.33. The highest BCUT2D eigenvalue weighted by Gasteiger charge is 2.31. The first kappa shape index (κ1) is 30.2. The molecule has 1 aromatic carbocycles. The minimum absolute atomic E-state index is 0.0712. The SMILES string of the molecule is CCCCC(C)(C)C(=O)NC[C@H](O)[C@@H](N)C[C@@H](C(C)C)[C@H](O)c1ccc2cnn(CCCOC)c2c1. The summed E-state index contributed by atoms with van der Waals surface area (Å²) in [6, 6.07) is 5.34. The van der Waals surface area contributed by atoms with Crippen LogP contribution in [-0.4, -0.2) is 58.3 Å². The third-order valence-corrected chi connectivity index (χ3v) is 7.27. The zero-order valence-corrected chi connectivity index (χ0v) is 23.0. The van der Waals surface area contributed by atoms with E-state index in [1.54, 1.807) is 7.11 Å². The zero-order valence-electron chi connectivity index (χ0n) is 23.0. The number of fused-ring (bicyclic) bond motifs is 1. The molecule has 36 heavy (non-hydrogen) atoms. The number of aromatic nitrogens is 2. The first-order chi connectivity index (χ1) is 17.0. The molecule has 0 aliphatic heterocycles. The maximum Gasteiger partial charge on any atom is 0.225 e. The van der Waals surface area contributed by atoms with Gasteiger partial charge in [0, 0.05) is 43.6 Å². The molecule has 8 nitrogen and oxygen atoms in total. The number of nitrogens with two attached hydrogens (primary N) is 1. The normalized spacial score (nSPS) is 15.7. The van der Waals surface area contributed by atoms with Gasteiger partial charge in [-0.15, -0.1) is 0 Å². The highest BCUT2D eigenvalue weighted by atomic mass is 16.5. The lowest BCUT2D eigenvalue weighted by molar-refractivity contribution is -0.130. The molecule has 1 aromatic heterocycles. The van der Waals surface area contributed by atoms with Crippen molar-refractivity contribution < 1.29 is 19.7 Å². The molecule has 0 spiro atoms. The number of carbonyl (C=O) groups excluding carboxylic acids is 1. The summed E-state index contributed by atoms with van der Waals surface area (Å²) in [5.74, 6) is -0.0881. The van der Waals surface area contributed by atoms with Gasteiger partial charge in [-0.25, -0.2) is 0 Å². The smallest absolute Gasteiger partial charge is 0.225 e. The number of nitrogens with zero attached hydrogens (tertiary/aromatic N) is 2. The van der Waals surface area contributed by atoms with E-state index in [-0.39, 0.29) is 24.3 Å². The van der Waals surface area contributed by atoms with Gasteiger partial charge < -0.3 is 26.0 Å². The van der Waals surface area contributed by atoms with Crippen molar-refractivity contribution in [2.24, 2.45) is 23.0 Å². The Morgan fingerprint density at radius 2 is 1.97 bits per heavy atom. The van der Waals surface area contributed by atoms with E-state index < -0.39 is 23.7 Å². The molecule has 204 valence electrons. The topological polar surface area (TPSA) is 123 Å². The molecule has 0 unspecified atom stereocenters. The number of methoxy groups -OCH3 is 1. The second-order valence-corrected chi connectivity index (χ2v) is 11.0. The molecule has 0 bridgehead atoms. The van der Waals surface area contributed by atoms with Gasteiger partial charge in [0.2, 0.25) is 5.91 Å². The van der Waals surface area contributed by atoms with Crippen LogP contribution in [0.15, 0.2) is 24.4 Å². The summed E-state index contributed by atoms with van der Waals surface area (Å²) in [6.07, 6.45) is 4.31. The molecular weight excluding hydrogens is 456 g/mol. The molecule has 4 atom stereocenters. The van der Waals surface area contributed by atoms with Crippen LogP contribution in [0.25, 0.3) is 10.9 Å². The van der Waals surface area contributed by atoms with Gasteiger partial charge in [-0.05, 0) is 42.7 Å². The van der Waals surface area contributed by atoms with E-state index in [9.17, 15) is 15.0 Å². The van der Waals surface area contributed by atoms with Gasteiger partial charge in [-0.2, -0.15) is 5.10 Å². The molecule has 0 aliphatic carbocycles. The fourth-order valence-corrected chi connectivity index (χ4v) is 4.61. The standard InChI is InChI=1S/C28H48N4O4/c1-7-8-12-28(4,5)27(35)30-18-25(33)23(29)16-22(19(2)3)26(34)20-10-11-21-17-31-32(24(21)15-20)13-9-14-36-6/h10-11,15,17,19,22-23,25-26,33-34H,7-9,12-14,16,18,29H2,1-6H3,(H,30,35)/t22-,23-,25-,26+/m0/s1. The van der Waals surface area contributed by atoms with Gasteiger partial charge in [0.1, 0.15) is 0 Å². The average Bonchev–Trinajstić information content (AvgIpc) is 3.25. The van der Waals surface area contributed by atoms with E-state index in [0.29, 0.717) is 13.0 Å². The lowest BCUT2D eigenvalue weighted by Crippen LogP contribution is -2.47.